The first-order valence-corrected chi connectivity index (χ1v) is 9.10. The number of carbonyl (C=O) groups is 2. The average Bonchev–Trinajstić information content (AvgIpc) is 3.26. The topological polar surface area (TPSA) is 106 Å². The lowest BCUT2D eigenvalue weighted by molar-refractivity contribution is -0.297. The Kier molecular flexibility index (Phi) is 4.02. The van der Waals surface area contributed by atoms with E-state index < -0.39 is 47.7 Å². The van der Waals surface area contributed by atoms with Crippen LogP contribution in [0.5, 0.6) is 0 Å². The minimum atomic E-state index is -2.19. The van der Waals surface area contributed by atoms with Crippen molar-refractivity contribution >= 4 is 11.8 Å². The summed E-state index contributed by atoms with van der Waals surface area (Å²) in [7, 11) is 0. The van der Waals surface area contributed by atoms with Crippen LogP contribution >= 0.6 is 0 Å². The molecule has 0 aromatic carbocycles. The van der Waals surface area contributed by atoms with Crippen LogP contribution < -0.4 is 0 Å². The van der Waals surface area contributed by atoms with Crippen molar-refractivity contribution in [3.05, 3.63) is 36.0 Å². The van der Waals surface area contributed by atoms with Crippen LogP contribution in [0.25, 0.3) is 0 Å². The molecule has 0 radical (unpaired) electrons. The van der Waals surface area contributed by atoms with Gasteiger partial charge in [-0.2, -0.15) is 0 Å². The zero-order valence-corrected chi connectivity index (χ0v) is 15.4. The van der Waals surface area contributed by atoms with Gasteiger partial charge in [-0.1, -0.05) is 24.3 Å². The first kappa shape index (κ1) is 18.6. The number of hydrogen-bond donors (Lipinski definition) is 2. The molecule has 4 heterocycles. The van der Waals surface area contributed by atoms with E-state index in [1.807, 2.05) is 0 Å². The molecule has 0 saturated carbocycles. The maximum absolute atomic E-state index is 12.6. The molecule has 0 aromatic rings. The largest absolute Gasteiger partial charge is 0.457 e. The number of carbonyl (C=O) groups excluding carboxylic acids is 2. The number of fused-ring (bicyclic) bond motifs is 2. The van der Waals surface area contributed by atoms with Crippen molar-refractivity contribution in [2.24, 2.45) is 5.92 Å². The molecular weight excluding hydrogens is 352 g/mol. The highest BCUT2D eigenvalue weighted by atomic mass is 16.7. The Morgan fingerprint density at radius 2 is 2.04 bits per heavy atom. The van der Waals surface area contributed by atoms with Crippen LogP contribution in [0.2, 0.25) is 0 Å². The molecule has 4 aliphatic rings. The van der Waals surface area contributed by atoms with Gasteiger partial charge in [-0.05, 0) is 31.9 Å². The van der Waals surface area contributed by atoms with Gasteiger partial charge in [-0.15, -0.1) is 0 Å². The summed E-state index contributed by atoms with van der Waals surface area (Å²) in [5.74, 6) is -3.55. The van der Waals surface area contributed by atoms with Gasteiger partial charge in [0, 0.05) is 18.8 Å². The number of hydrogen-bond acceptors (Lipinski definition) is 7. The third kappa shape index (κ3) is 2.56. The lowest BCUT2D eigenvalue weighted by Crippen LogP contribution is -2.60. The molecule has 146 valence electrons. The van der Waals surface area contributed by atoms with Crippen molar-refractivity contribution in [3.63, 3.8) is 0 Å². The first-order chi connectivity index (χ1) is 12.6. The summed E-state index contributed by atoms with van der Waals surface area (Å²) < 4.78 is 17.1. The summed E-state index contributed by atoms with van der Waals surface area (Å²) in [4.78, 5) is 25.0. The second kappa shape index (κ2) is 5.85. The van der Waals surface area contributed by atoms with Crippen LogP contribution in [-0.4, -0.2) is 57.8 Å². The number of allylic oxidation sites excluding steroid dienone is 1. The molecule has 3 saturated heterocycles. The Hall–Kier alpha value is -1.80. The fourth-order valence-corrected chi connectivity index (χ4v) is 4.55. The van der Waals surface area contributed by atoms with Crippen LogP contribution in [0.3, 0.4) is 0 Å². The number of ether oxygens (including phenoxy) is 3. The van der Waals surface area contributed by atoms with Crippen molar-refractivity contribution in [1.82, 2.24) is 0 Å². The molecule has 0 aliphatic carbocycles. The minimum Gasteiger partial charge on any atom is -0.457 e. The number of aliphatic hydroxyl groups is 2. The number of ketones is 1. The predicted octanol–water partition coefficient (Wildman–Crippen LogP) is 0.945. The molecule has 4 bridgehead atoms. The van der Waals surface area contributed by atoms with E-state index in [0.29, 0.717) is 12.0 Å². The molecule has 27 heavy (non-hydrogen) atoms. The van der Waals surface area contributed by atoms with Crippen molar-refractivity contribution in [1.29, 1.82) is 0 Å². The molecule has 4 aliphatic heterocycles. The monoisotopic (exact) mass is 376 g/mol. The minimum absolute atomic E-state index is 0.0390. The van der Waals surface area contributed by atoms with E-state index in [-0.39, 0.29) is 24.2 Å². The zero-order valence-electron chi connectivity index (χ0n) is 15.4. The highest BCUT2D eigenvalue weighted by molar-refractivity contribution is 5.92. The van der Waals surface area contributed by atoms with E-state index in [2.05, 4.69) is 13.2 Å². The molecule has 2 unspecified atom stereocenters. The average molecular weight is 376 g/mol. The highest BCUT2D eigenvalue weighted by Gasteiger charge is 2.78. The third-order valence-corrected chi connectivity index (χ3v) is 6.11. The van der Waals surface area contributed by atoms with Gasteiger partial charge in [-0.3, -0.25) is 4.79 Å². The van der Waals surface area contributed by atoms with Crippen molar-refractivity contribution in [2.45, 2.75) is 68.9 Å². The van der Waals surface area contributed by atoms with Crippen molar-refractivity contribution in [3.8, 4) is 0 Å². The third-order valence-electron chi connectivity index (χ3n) is 6.11. The fourth-order valence-electron chi connectivity index (χ4n) is 4.55. The molecule has 0 spiro atoms. The molecule has 4 rings (SSSR count). The zero-order chi connectivity index (χ0) is 19.7. The Morgan fingerprint density at radius 1 is 1.33 bits per heavy atom. The lowest BCUT2D eigenvalue weighted by Gasteiger charge is -2.47. The van der Waals surface area contributed by atoms with Crippen LogP contribution in [0.15, 0.2) is 36.0 Å². The fraction of sp³-hybridized carbons (Fsp3) is 0.600. The normalized spacial score (nSPS) is 48.5. The van der Waals surface area contributed by atoms with Gasteiger partial charge in [0.05, 0.1) is 0 Å². The number of epoxide rings is 1. The van der Waals surface area contributed by atoms with Crippen LogP contribution in [0.1, 0.15) is 33.1 Å². The SMILES string of the molecule is C=C(C)[C@@H]1C[C@H]2OC(O)(C(=C)CC(=O)/C=C(/C)C[C@@H]3OC(=O)[C@]24OC34)[C@H]1O. The van der Waals surface area contributed by atoms with Gasteiger partial charge in [0.15, 0.2) is 5.78 Å². The van der Waals surface area contributed by atoms with E-state index >= 15 is 0 Å². The molecule has 7 atom stereocenters. The van der Waals surface area contributed by atoms with Crippen molar-refractivity contribution in [2.75, 3.05) is 0 Å². The second-order valence-electron chi connectivity index (χ2n) is 8.15. The number of aliphatic hydroxyl groups excluding tert-OH is 1. The summed E-state index contributed by atoms with van der Waals surface area (Å²) in [6, 6.07) is 0. The van der Waals surface area contributed by atoms with E-state index in [0.717, 1.165) is 5.57 Å². The standard InChI is InChI=1S/C20H24O7/c1-9(2)13-8-15-19-17(27-19)14(25-18(19)23)6-10(3)5-12(21)7-11(4)20(24,26-15)16(13)22/h5,13-17,22,24H,1,4,6-8H2,2-3H3/b10-5-/t13-,14-,15+,16-,17?,19-,20?/m0/s1. The quantitative estimate of drug-likeness (QED) is 0.399. The lowest BCUT2D eigenvalue weighted by atomic mass is 9.76. The molecule has 3 fully saturated rings. The molecular formula is C20H24O7. The second-order valence-corrected chi connectivity index (χ2v) is 8.15. The Morgan fingerprint density at radius 3 is 2.67 bits per heavy atom. The maximum Gasteiger partial charge on any atom is 0.344 e. The summed E-state index contributed by atoms with van der Waals surface area (Å²) in [6.07, 6.45) is -1.32. The van der Waals surface area contributed by atoms with E-state index in [9.17, 15) is 19.8 Å². The summed E-state index contributed by atoms with van der Waals surface area (Å²) in [5.41, 5.74) is 0.122. The van der Waals surface area contributed by atoms with Gasteiger partial charge in [0.2, 0.25) is 11.4 Å². The Bertz CT molecular complexity index is 783. The van der Waals surface area contributed by atoms with E-state index in [1.54, 1.807) is 13.8 Å². The molecule has 2 N–H and O–H groups in total. The Balaban J connectivity index is 1.81. The first-order valence-electron chi connectivity index (χ1n) is 9.10. The van der Waals surface area contributed by atoms with E-state index in [1.165, 1.54) is 6.08 Å². The van der Waals surface area contributed by atoms with Gasteiger partial charge in [0.25, 0.3) is 0 Å². The number of esters is 1. The summed E-state index contributed by atoms with van der Waals surface area (Å²) in [6.45, 7) is 11.2. The molecule has 0 amide bonds. The van der Waals surface area contributed by atoms with Crippen molar-refractivity contribution < 1.29 is 34.0 Å². The van der Waals surface area contributed by atoms with Gasteiger partial charge in [0.1, 0.15) is 24.4 Å². The van der Waals surface area contributed by atoms with Crippen LogP contribution in [0, 0.1) is 5.92 Å². The summed E-state index contributed by atoms with van der Waals surface area (Å²) >= 11 is 0. The van der Waals surface area contributed by atoms with Gasteiger partial charge >= 0.3 is 5.97 Å². The van der Waals surface area contributed by atoms with Gasteiger partial charge < -0.3 is 24.4 Å². The van der Waals surface area contributed by atoms with E-state index in [4.69, 9.17) is 14.2 Å². The van der Waals surface area contributed by atoms with Crippen LogP contribution in [0.4, 0.5) is 0 Å². The molecule has 7 heteroatoms. The summed E-state index contributed by atoms with van der Waals surface area (Å²) in [5, 5.41) is 22.0. The predicted molar refractivity (Wildman–Crippen MR) is 93.4 cm³/mol. The molecule has 0 aromatic heterocycles. The highest BCUT2D eigenvalue weighted by Crippen LogP contribution is 2.56. The maximum atomic E-state index is 12.6. The smallest absolute Gasteiger partial charge is 0.344 e. The van der Waals surface area contributed by atoms with Gasteiger partial charge in [-0.25, -0.2) is 4.79 Å². The molecule has 7 nitrogen and oxygen atoms in total. The Labute approximate surface area is 157 Å². The number of rotatable bonds is 1. The van der Waals surface area contributed by atoms with Crippen LogP contribution in [-0.2, 0) is 23.8 Å².